The molecule has 0 unspecified atom stereocenters. The van der Waals surface area contributed by atoms with Gasteiger partial charge >= 0.3 is 0 Å². The Morgan fingerprint density at radius 1 is 1.10 bits per heavy atom. The molecular formula is C24H33N5O2. The third kappa shape index (κ3) is 4.06. The van der Waals surface area contributed by atoms with Crippen LogP contribution in [0.25, 0.3) is 5.65 Å². The molecule has 7 nitrogen and oxygen atoms in total. The first kappa shape index (κ1) is 20.5. The summed E-state index contributed by atoms with van der Waals surface area (Å²) in [6.07, 6.45) is 9.86. The molecule has 5 rings (SSSR count). The second-order valence-electron chi connectivity index (χ2n) is 9.61. The molecule has 2 aliphatic carbocycles. The Morgan fingerprint density at radius 2 is 1.87 bits per heavy atom. The van der Waals surface area contributed by atoms with E-state index in [2.05, 4.69) is 12.2 Å². The predicted molar refractivity (Wildman–Crippen MR) is 118 cm³/mol. The Hall–Kier alpha value is -2.44. The van der Waals surface area contributed by atoms with Crippen molar-refractivity contribution in [3.63, 3.8) is 0 Å². The third-order valence-corrected chi connectivity index (χ3v) is 7.31. The quantitative estimate of drug-likeness (QED) is 0.772. The molecule has 0 bridgehead atoms. The average molecular weight is 424 g/mol. The molecule has 2 amide bonds. The van der Waals surface area contributed by atoms with Gasteiger partial charge in [0.1, 0.15) is 0 Å². The highest BCUT2D eigenvalue weighted by Crippen LogP contribution is 2.38. The van der Waals surface area contributed by atoms with E-state index in [9.17, 15) is 9.59 Å². The van der Waals surface area contributed by atoms with Gasteiger partial charge in [0.25, 0.3) is 0 Å². The molecular weight excluding hydrogens is 390 g/mol. The second kappa shape index (κ2) is 8.24. The van der Waals surface area contributed by atoms with Crippen LogP contribution < -0.4 is 5.32 Å². The van der Waals surface area contributed by atoms with Crippen molar-refractivity contribution in [2.45, 2.75) is 90.1 Å². The van der Waals surface area contributed by atoms with E-state index < -0.39 is 0 Å². The Balaban J connectivity index is 1.34. The van der Waals surface area contributed by atoms with E-state index in [1.54, 1.807) is 0 Å². The summed E-state index contributed by atoms with van der Waals surface area (Å²) >= 11 is 0. The van der Waals surface area contributed by atoms with E-state index in [1.165, 1.54) is 12.8 Å². The molecule has 3 fully saturated rings. The summed E-state index contributed by atoms with van der Waals surface area (Å²) in [4.78, 5) is 31.9. The number of fused-ring (bicyclic) bond motifs is 1. The van der Waals surface area contributed by atoms with Crippen molar-refractivity contribution in [3.05, 3.63) is 28.7 Å². The third-order valence-electron chi connectivity index (χ3n) is 7.31. The molecule has 0 aromatic carbocycles. The largest absolute Gasteiger partial charge is 0.353 e. The number of carbonyl (C=O) groups excluding carboxylic acids is 2. The molecule has 0 spiro atoms. The summed E-state index contributed by atoms with van der Waals surface area (Å²) in [7, 11) is 0. The zero-order valence-electron chi connectivity index (χ0n) is 18.7. The maximum atomic E-state index is 12.7. The van der Waals surface area contributed by atoms with Crippen molar-refractivity contribution in [3.8, 4) is 0 Å². The lowest BCUT2D eigenvalue weighted by molar-refractivity contribution is -0.133. The molecule has 1 atom stereocenters. The minimum absolute atomic E-state index is 0.0649. The standard InChI is InChI=1S/C24H33N5O2/c1-15-19(11-12-23(30)26-18-6-3-4-7-18)16(2)29-22(25-15)14-20(27-29)21-8-5-13-28(21)24(31)17-9-10-17/h14,17-18,21H,3-13H2,1-2H3,(H,26,30)/t21-/m1/s1. The van der Waals surface area contributed by atoms with Crippen molar-refractivity contribution in [1.82, 2.24) is 24.8 Å². The summed E-state index contributed by atoms with van der Waals surface area (Å²) in [5.74, 6) is 0.670. The number of nitrogens with zero attached hydrogens (tertiary/aromatic N) is 4. The second-order valence-corrected chi connectivity index (χ2v) is 9.61. The first-order valence-corrected chi connectivity index (χ1v) is 12.0. The molecule has 31 heavy (non-hydrogen) atoms. The van der Waals surface area contributed by atoms with Crippen molar-refractivity contribution >= 4 is 17.5 Å². The van der Waals surface area contributed by atoms with Crippen molar-refractivity contribution in [2.75, 3.05) is 6.54 Å². The summed E-state index contributed by atoms with van der Waals surface area (Å²) in [5.41, 5.74) is 4.87. The molecule has 7 heteroatoms. The van der Waals surface area contributed by atoms with Gasteiger partial charge in [-0.15, -0.1) is 0 Å². The van der Waals surface area contributed by atoms with Gasteiger partial charge in [0.05, 0.1) is 11.7 Å². The maximum Gasteiger partial charge on any atom is 0.226 e. The molecule has 2 saturated carbocycles. The van der Waals surface area contributed by atoms with Gasteiger partial charge in [0, 0.05) is 42.4 Å². The van der Waals surface area contributed by atoms with Gasteiger partial charge in [-0.25, -0.2) is 9.50 Å². The number of likely N-dealkylation sites (tertiary alicyclic amines) is 1. The molecule has 166 valence electrons. The zero-order valence-corrected chi connectivity index (χ0v) is 18.7. The lowest BCUT2D eigenvalue weighted by Gasteiger charge is -2.23. The van der Waals surface area contributed by atoms with E-state index in [-0.39, 0.29) is 17.9 Å². The fraction of sp³-hybridized carbons (Fsp3) is 0.667. The SMILES string of the molecule is Cc1nc2cc([C@H]3CCCN3C(=O)C3CC3)nn2c(C)c1CCC(=O)NC1CCCC1. The van der Waals surface area contributed by atoms with Crippen molar-refractivity contribution < 1.29 is 9.59 Å². The van der Waals surface area contributed by atoms with Gasteiger partial charge in [-0.05, 0) is 64.4 Å². The number of amides is 2. The summed E-state index contributed by atoms with van der Waals surface area (Å²) in [6.45, 7) is 4.91. The number of aromatic nitrogens is 3. The first-order chi connectivity index (χ1) is 15.0. The van der Waals surface area contributed by atoms with Crippen LogP contribution in [0.15, 0.2) is 6.07 Å². The zero-order chi connectivity index (χ0) is 21.5. The summed E-state index contributed by atoms with van der Waals surface area (Å²) in [5, 5.41) is 8.06. The summed E-state index contributed by atoms with van der Waals surface area (Å²) in [6, 6.07) is 2.46. The van der Waals surface area contributed by atoms with Crippen LogP contribution in [0.4, 0.5) is 0 Å². The van der Waals surface area contributed by atoms with E-state index >= 15 is 0 Å². The fourth-order valence-electron chi connectivity index (χ4n) is 5.38. The predicted octanol–water partition coefficient (Wildman–Crippen LogP) is 3.41. The van der Waals surface area contributed by atoms with Crippen LogP contribution in [-0.4, -0.2) is 43.9 Å². The van der Waals surface area contributed by atoms with Crippen LogP contribution in [0.1, 0.15) is 86.5 Å². The number of hydrogen-bond donors (Lipinski definition) is 1. The van der Waals surface area contributed by atoms with E-state index in [0.29, 0.717) is 24.8 Å². The highest BCUT2D eigenvalue weighted by Gasteiger charge is 2.39. The maximum absolute atomic E-state index is 12.7. The number of carbonyl (C=O) groups is 2. The topological polar surface area (TPSA) is 79.6 Å². The molecule has 2 aromatic heterocycles. The van der Waals surface area contributed by atoms with E-state index in [1.807, 2.05) is 22.4 Å². The Bertz CT molecular complexity index is 1000. The molecule has 1 aliphatic heterocycles. The number of rotatable bonds is 6. The van der Waals surface area contributed by atoms with Crippen molar-refractivity contribution in [2.24, 2.45) is 5.92 Å². The lowest BCUT2D eigenvalue weighted by Crippen LogP contribution is -2.32. The highest BCUT2D eigenvalue weighted by atomic mass is 16.2. The first-order valence-electron chi connectivity index (χ1n) is 12.0. The molecule has 1 saturated heterocycles. The Kier molecular flexibility index (Phi) is 5.44. The highest BCUT2D eigenvalue weighted by molar-refractivity contribution is 5.81. The average Bonchev–Trinajstić information content (AvgIpc) is 3.12. The van der Waals surface area contributed by atoms with Gasteiger partial charge in [0.15, 0.2) is 5.65 Å². The number of aryl methyl sites for hydroxylation is 2. The van der Waals surface area contributed by atoms with E-state index in [4.69, 9.17) is 10.1 Å². The van der Waals surface area contributed by atoms with Crippen LogP contribution in [-0.2, 0) is 16.0 Å². The van der Waals surface area contributed by atoms with Crippen molar-refractivity contribution in [1.29, 1.82) is 0 Å². The van der Waals surface area contributed by atoms with Crippen LogP contribution in [0, 0.1) is 19.8 Å². The van der Waals surface area contributed by atoms with Crippen LogP contribution in [0.5, 0.6) is 0 Å². The van der Waals surface area contributed by atoms with Gasteiger partial charge < -0.3 is 10.2 Å². The summed E-state index contributed by atoms with van der Waals surface area (Å²) < 4.78 is 1.91. The Labute approximate surface area is 183 Å². The van der Waals surface area contributed by atoms with Crippen LogP contribution in [0.2, 0.25) is 0 Å². The minimum Gasteiger partial charge on any atom is -0.353 e. The van der Waals surface area contributed by atoms with Gasteiger partial charge in [-0.2, -0.15) is 5.10 Å². The van der Waals surface area contributed by atoms with E-state index in [0.717, 1.165) is 73.4 Å². The van der Waals surface area contributed by atoms with Gasteiger partial charge in [-0.1, -0.05) is 12.8 Å². The molecule has 3 heterocycles. The lowest BCUT2D eigenvalue weighted by atomic mass is 10.1. The Morgan fingerprint density at radius 3 is 2.61 bits per heavy atom. The number of nitrogens with one attached hydrogen (secondary N) is 1. The minimum atomic E-state index is 0.0649. The fourth-order valence-corrected chi connectivity index (χ4v) is 5.38. The molecule has 2 aromatic rings. The molecule has 3 aliphatic rings. The van der Waals surface area contributed by atoms with Gasteiger partial charge in [0.2, 0.25) is 11.8 Å². The monoisotopic (exact) mass is 423 g/mol. The molecule has 0 radical (unpaired) electrons. The van der Waals surface area contributed by atoms with Crippen LogP contribution >= 0.6 is 0 Å². The molecule has 1 N–H and O–H groups in total. The smallest absolute Gasteiger partial charge is 0.226 e. The number of hydrogen-bond acceptors (Lipinski definition) is 4. The van der Waals surface area contributed by atoms with Crippen LogP contribution in [0.3, 0.4) is 0 Å². The normalized spacial score (nSPS) is 21.9. The van der Waals surface area contributed by atoms with Gasteiger partial charge in [-0.3, -0.25) is 9.59 Å².